The molecule has 0 radical (unpaired) electrons. The lowest BCUT2D eigenvalue weighted by molar-refractivity contribution is -0.121. The van der Waals surface area contributed by atoms with Gasteiger partial charge in [-0.05, 0) is 60.1 Å². The molecule has 0 bridgehead atoms. The number of nitrogens with one attached hydrogen (secondary N) is 2. The van der Waals surface area contributed by atoms with Crippen LogP contribution in [0.25, 0.3) is 0 Å². The number of sulfone groups is 1. The Hall–Kier alpha value is -1.52. The Labute approximate surface area is 172 Å². The molecule has 0 aliphatic carbocycles. The summed E-state index contributed by atoms with van der Waals surface area (Å²) >= 11 is 3.19. The van der Waals surface area contributed by atoms with Crippen LogP contribution in [0.15, 0.2) is 22.7 Å². The summed E-state index contributed by atoms with van der Waals surface area (Å²) < 4.78 is 37.8. The van der Waals surface area contributed by atoms with Gasteiger partial charge in [0.05, 0.1) is 23.1 Å². The minimum atomic E-state index is -3.17. The standard InChI is InChI=1S/C18H23BrFN3O4S/c19-14-4-3-12(20)9-13(14)18(25)21-6-5-17(24)22-15-10-28(26,27)11-16(15)23-7-1-2-8-23/h3-4,9,15-16H,1-2,5-8,10-11H2,(H,21,25)(H,22,24). The zero-order valence-electron chi connectivity index (χ0n) is 15.3. The summed E-state index contributed by atoms with van der Waals surface area (Å²) in [7, 11) is -3.17. The molecule has 2 aliphatic rings. The summed E-state index contributed by atoms with van der Waals surface area (Å²) in [5.41, 5.74) is 0.149. The van der Waals surface area contributed by atoms with E-state index in [1.54, 1.807) is 0 Å². The molecule has 7 nitrogen and oxygen atoms in total. The number of nitrogens with zero attached hydrogens (tertiary/aromatic N) is 1. The van der Waals surface area contributed by atoms with Crippen LogP contribution in [-0.2, 0) is 14.6 Å². The highest BCUT2D eigenvalue weighted by molar-refractivity contribution is 9.10. The van der Waals surface area contributed by atoms with Crippen molar-refractivity contribution in [3.8, 4) is 0 Å². The summed E-state index contributed by atoms with van der Waals surface area (Å²) in [6.45, 7) is 1.78. The Balaban J connectivity index is 1.50. The molecule has 2 saturated heterocycles. The average Bonchev–Trinajstić information content (AvgIpc) is 3.24. The smallest absolute Gasteiger partial charge is 0.252 e. The summed E-state index contributed by atoms with van der Waals surface area (Å²) in [5, 5.41) is 5.40. The van der Waals surface area contributed by atoms with E-state index in [4.69, 9.17) is 0 Å². The van der Waals surface area contributed by atoms with Crippen LogP contribution < -0.4 is 10.6 Å². The predicted octanol–water partition coefficient (Wildman–Crippen LogP) is 1.09. The molecule has 0 spiro atoms. The largest absolute Gasteiger partial charge is 0.351 e. The molecule has 3 rings (SSSR count). The van der Waals surface area contributed by atoms with Crippen LogP contribution in [-0.4, -0.2) is 68.4 Å². The van der Waals surface area contributed by atoms with Crippen molar-refractivity contribution in [3.05, 3.63) is 34.1 Å². The van der Waals surface area contributed by atoms with E-state index in [1.807, 2.05) is 0 Å². The molecule has 2 N–H and O–H groups in total. The first-order chi connectivity index (χ1) is 13.2. The topological polar surface area (TPSA) is 95.6 Å². The van der Waals surface area contributed by atoms with Gasteiger partial charge in [0, 0.05) is 23.5 Å². The van der Waals surface area contributed by atoms with Gasteiger partial charge in [-0.3, -0.25) is 14.5 Å². The number of hydrogen-bond acceptors (Lipinski definition) is 5. The molecular formula is C18H23BrFN3O4S. The molecule has 1 aromatic rings. The lowest BCUT2D eigenvalue weighted by Gasteiger charge is -2.28. The molecule has 2 unspecified atom stereocenters. The fourth-order valence-electron chi connectivity index (χ4n) is 3.74. The van der Waals surface area contributed by atoms with E-state index in [0.717, 1.165) is 32.0 Å². The predicted molar refractivity (Wildman–Crippen MR) is 106 cm³/mol. The van der Waals surface area contributed by atoms with Crippen molar-refractivity contribution in [1.82, 2.24) is 15.5 Å². The minimum absolute atomic E-state index is 0.0158. The number of hydrogen-bond donors (Lipinski definition) is 2. The van der Waals surface area contributed by atoms with Gasteiger partial charge >= 0.3 is 0 Å². The first kappa shape index (κ1) is 21.2. The highest BCUT2D eigenvalue weighted by Gasteiger charge is 2.42. The van der Waals surface area contributed by atoms with E-state index >= 15 is 0 Å². The number of likely N-dealkylation sites (tertiary alicyclic amines) is 1. The van der Waals surface area contributed by atoms with E-state index < -0.39 is 27.6 Å². The average molecular weight is 476 g/mol. The van der Waals surface area contributed by atoms with Crippen molar-refractivity contribution < 1.29 is 22.4 Å². The van der Waals surface area contributed by atoms with Crippen molar-refractivity contribution in [2.45, 2.75) is 31.3 Å². The van der Waals surface area contributed by atoms with Crippen molar-refractivity contribution in [1.29, 1.82) is 0 Å². The summed E-state index contributed by atoms with van der Waals surface area (Å²) in [6.07, 6.45) is 2.10. The third kappa shape index (κ3) is 5.30. The fraction of sp³-hybridized carbons (Fsp3) is 0.556. The maximum atomic E-state index is 13.3. The highest BCUT2D eigenvalue weighted by Crippen LogP contribution is 2.22. The Morgan fingerprint density at radius 1 is 1.21 bits per heavy atom. The second-order valence-corrected chi connectivity index (χ2v) is 10.2. The number of halogens is 2. The Bertz CT molecular complexity index is 858. The third-order valence-corrected chi connectivity index (χ3v) is 7.50. The molecule has 2 amide bonds. The number of carbonyl (C=O) groups excluding carboxylic acids is 2. The van der Waals surface area contributed by atoms with Gasteiger partial charge in [0.2, 0.25) is 5.91 Å². The van der Waals surface area contributed by atoms with Gasteiger partial charge < -0.3 is 10.6 Å². The maximum Gasteiger partial charge on any atom is 0.252 e. The Morgan fingerprint density at radius 3 is 2.64 bits per heavy atom. The molecule has 2 heterocycles. The monoisotopic (exact) mass is 475 g/mol. The van der Waals surface area contributed by atoms with Crippen LogP contribution in [0.5, 0.6) is 0 Å². The van der Waals surface area contributed by atoms with E-state index in [-0.39, 0.29) is 42.0 Å². The fourth-order valence-corrected chi connectivity index (χ4v) is 6.11. The second-order valence-electron chi connectivity index (χ2n) is 7.19. The van der Waals surface area contributed by atoms with Gasteiger partial charge in [-0.25, -0.2) is 12.8 Å². The van der Waals surface area contributed by atoms with E-state index in [1.165, 1.54) is 12.1 Å². The van der Waals surface area contributed by atoms with Crippen molar-refractivity contribution >= 4 is 37.6 Å². The molecule has 0 saturated carbocycles. The molecule has 2 aliphatic heterocycles. The van der Waals surface area contributed by atoms with Crippen molar-refractivity contribution in [2.24, 2.45) is 0 Å². The molecule has 2 fully saturated rings. The summed E-state index contributed by atoms with van der Waals surface area (Å²) in [6, 6.07) is 3.18. The van der Waals surface area contributed by atoms with Crippen LogP contribution in [0.3, 0.4) is 0 Å². The maximum absolute atomic E-state index is 13.3. The summed E-state index contributed by atoms with van der Waals surface area (Å²) in [4.78, 5) is 26.5. The Morgan fingerprint density at radius 2 is 1.93 bits per heavy atom. The quantitative estimate of drug-likeness (QED) is 0.641. The van der Waals surface area contributed by atoms with Gasteiger partial charge in [-0.15, -0.1) is 0 Å². The first-order valence-electron chi connectivity index (χ1n) is 9.22. The van der Waals surface area contributed by atoms with Gasteiger partial charge in [0.15, 0.2) is 9.84 Å². The third-order valence-electron chi connectivity index (χ3n) is 5.09. The van der Waals surface area contributed by atoms with Crippen molar-refractivity contribution in [2.75, 3.05) is 31.1 Å². The molecule has 154 valence electrons. The second kappa shape index (κ2) is 8.87. The number of rotatable bonds is 6. The molecule has 0 aromatic heterocycles. The highest BCUT2D eigenvalue weighted by atomic mass is 79.9. The van der Waals surface area contributed by atoms with Crippen LogP contribution >= 0.6 is 15.9 Å². The Kier molecular flexibility index (Phi) is 6.72. The molecule has 2 atom stereocenters. The van der Waals surface area contributed by atoms with Gasteiger partial charge in [-0.2, -0.15) is 0 Å². The van der Waals surface area contributed by atoms with Gasteiger partial charge in [0.1, 0.15) is 5.82 Å². The van der Waals surface area contributed by atoms with E-state index in [0.29, 0.717) is 4.47 Å². The minimum Gasteiger partial charge on any atom is -0.351 e. The van der Waals surface area contributed by atoms with E-state index in [9.17, 15) is 22.4 Å². The number of benzene rings is 1. The lowest BCUT2D eigenvalue weighted by Crippen LogP contribution is -2.50. The zero-order valence-corrected chi connectivity index (χ0v) is 17.7. The normalized spacial score (nSPS) is 24.2. The zero-order chi connectivity index (χ0) is 20.3. The van der Waals surface area contributed by atoms with Crippen molar-refractivity contribution in [3.63, 3.8) is 0 Å². The van der Waals surface area contributed by atoms with Gasteiger partial charge in [-0.1, -0.05) is 0 Å². The van der Waals surface area contributed by atoms with Crippen LogP contribution in [0.1, 0.15) is 29.6 Å². The molecular weight excluding hydrogens is 453 g/mol. The first-order valence-corrected chi connectivity index (χ1v) is 11.8. The molecule has 28 heavy (non-hydrogen) atoms. The lowest BCUT2D eigenvalue weighted by atomic mass is 10.1. The van der Waals surface area contributed by atoms with Crippen LogP contribution in [0.2, 0.25) is 0 Å². The molecule has 1 aromatic carbocycles. The van der Waals surface area contributed by atoms with Crippen LogP contribution in [0, 0.1) is 5.82 Å². The van der Waals surface area contributed by atoms with Gasteiger partial charge in [0.25, 0.3) is 5.91 Å². The summed E-state index contributed by atoms with van der Waals surface area (Å²) in [5.74, 6) is -1.31. The number of amides is 2. The van der Waals surface area contributed by atoms with Crippen LogP contribution in [0.4, 0.5) is 4.39 Å². The van der Waals surface area contributed by atoms with E-state index in [2.05, 4.69) is 31.5 Å². The molecule has 10 heteroatoms. The SMILES string of the molecule is O=C(CCNC(=O)c1cc(F)ccc1Br)NC1CS(=O)(=O)CC1N1CCCC1. The number of carbonyl (C=O) groups is 2.